The average molecular weight is 1520 g/mol. The standard InChI is InChI=1S/5C18H34O2.Co.Fe/c5*1-2-3-4-5-6-7-8-9-10-11-12-13-14-15-16-17-18(19)20;;/h5*9-10H,2-8,11-17H2,1H3,(H,19,20);;/q;;;;;+2;+3/p-5/b5*10-9-;;. The van der Waals surface area contributed by atoms with E-state index in [0.717, 1.165) is 96.3 Å². The van der Waals surface area contributed by atoms with Crippen LogP contribution in [0.15, 0.2) is 60.8 Å². The van der Waals surface area contributed by atoms with Gasteiger partial charge in [0.1, 0.15) is 0 Å². The van der Waals surface area contributed by atoms with Gasteiger partial charge >= 0.3 is 33.8 Å². The van der Waals surface area contributed by atoms with Gasteiger partial charge in [-0.1, -0.05) is 352 Å². The zero-order valence-corrected chi connectivity index (χ0v) is 69.7. The van der Waals surface area contributed by atoms with Gasteiger partial charge in [-0.05, 0) is 193 Å². The van der Waals surface area contributed by atoms with Crippen molar-refractivity contribution < 1.29 is 83.4 Å². The first-order valence-corrected chi connectivity index (χ1v) is 43.1. The monoisotopic (exact) mass is 1520 g/mol. The average Bonchev–Trinajstić information content (AvgIpc) is 3.77. The number of allylic oxidation sites excluding steroid dienone is 10. The first-order valence-electron chi connectivity index (χ1n) is 43.1. The minimum atomic E-state index is -0.914. The van der Waals surface area contributed by atoms with Crippen LogP contribution in [0.1, 0.15) is 484 Å². The van der Waals surface area contributed by atoms with E-state index in [2.05, 4.69) is 95.4 Å². The van der Waals surface area contributed by atoms with Crippen LogP contribution in [0.5, 0.6) is 0 Å². The van der Waals surface area contributed by atoms with Gasteiger partial charge in [0, 0.05) is 29.8 Å². The molecule has 0 amide bonds. The molecule has 0 N–H and O–H groups in total. The minimum Gasteiger partial charge on any atom is -0.550 e. The number of carbonyl (C=O) groups is 5. The molecule has 0 aromatic rings. The van der Waals surface area contributed by atoms with E-state index in [1.165, 1.54) is 321 Å². The summed E-state index contributed by atoms with van der Waals surface area (Å²) in [5.74, 6) is -4.57. The molecule has 0 heterocycles. The van der Waals surface area contributed by atoms with Crippen molar-refractivity contribution in [2.75, 3.05) is 0 Å². The molecule has 0 aliphatic carbocycles. The summed E-state index contributed by atoms with van der Waals surface area (Å²) in [7, 11) is 0. The van der Waals surface area contributed by atoms with Crippen LogP contribution in [0.25, 0.3) is 0 Å². The second-order valence-corrected chi connectivity index (χ2v) is 28.5. The van der Waals surface area contributed by atoms with Crippen LogP contribution in [0.4, 0.5) is 0 Å². The molecule has 0 aliphatic heterocycles. The van der Waals surface area contributed by atoms with E-state index in [-0.39, 0.29) is 66.0 Å². The molecule has 0 aliphatic rings. The smallest absolute Gasteiger partial charge is 0.550 e. The molecule has 0 unspecified atom stereocenters. The Morgan fingerprint density at radius 1 is 0.167 bits per heavy atom. The van der Waals surface area contributed by atoms with Crippen molar-refractivity contribution in [2.24, 2.45) is 0 Å². The molecule has 0 aromatic heterocycles. The van der Waals surface area contributed by atoms with Crippen LogP contribution in [0.3, 0.4) is 0 Å². The Morgan fingerprint density at radius 3 is 0.353 bits per heavy atom. The fourth-order valence-corrected chi connectivity index (χ4v) is 11.7. The van der Waals surface area contributed by atoms with Crippen molar-refractivity contribution in [3.05, 3.63) is 60.8 Å². The predicted molar refractivity (Wildman–Crippen MR) is 422 cm³/mol. The molecule has 0 fully saturated rings. The fraction of sp³-hybridized carbons (Fsp3) is 0.833. The molecule has 10 nitrogen and oxygen atoms in total. The molecule has 0 saturated carbocycles. The molecular weight excluding hydrogens is 1360 g/mol. The van der Waals surface area contributed by atoms with Crippen molar-refractivity contribution in [1.82, 2.24) is 0 Å². The van der Waals surface area contributed by atoms with Gasteiger partial charge in [0.05, 0.1) is 0 Å². The zero-order chi connectivity index (χ0) is 74.5. The Kier molecular flexibility index (Phi) is 120. The van der Waals surface area contributed by atoms with Crippen LogP contribution in [0.2, 0.25) is 0 Å². The van der Waals surface area contributed by atoms with E-state index >= 15 is 0 Å². The van der Waals surface area contributed by atoms with Crippen LogP contribution in [-0.4, -0.2) is 29.8 Å². The number of hydrogen-bond donors (Lipinski definition) is 0. The van der Waals surface area contributed by atoms with Gasteiger partial charge in [0.15, 0.2) is 0 Å². The fourth-order valence-electron chi connectivity index (χ4n) is 11.7. The Morgan fingerprint density at radius 2 is 0.255 bits per heavy atom. The molecule has 12 heteroatoms. The maximum Gasteiger partial charge on any atom is 3.00 e. The van der Waals surface area contributed by atoms with Crippen LogP contribution >= 0.6 is 0 Å². The third-order valence-corrected chi connectivity index (χ3v) is 18.2. The molecular formula is C90H165CoFeO10. The van der Waals surface area contributed by atoms with Gasteiger partial charge in [0.25, 0.3) is 0 Å². The Labute approximate surface area is 653 Å². The van der Waals surface area contributed by atoms with Gasteiger partial charge in [-0.25, -0.2) is 0 Å². The van der Waals surface area contributed by atoms with Crippen LogP contribution in [0, 0.1) is 0 Å². The Bertz CT molecular complexity index is 1470. The summed E-state index contributed by atoms with van der Waals surface area (Å²) in [5.41, 5.74) is 0. The maximum atomic E-state index is 10.2. The normalized spacial score (nSPS) is 11.0. The van der Waals surface area contributed by atoms with Crippen molar-refractivity contribution in [3.63, 3.8) is 0 Å². The largest absolute Gasteiger partial charge is 3.00 e. The van der Waals surface area contributed by atoms with E-state index < -0.39 is 29.8 Å². The van der Waals surface area contributed by atoms with Gasteiger partial charge in [-0.2, -0.15) is 0 Å². The quantitative estimate of drug-likeness (QED) is 0.0320. The minimum absolute atomic E-state index is 0. The maximum absolute atomic E-state index is 10.2. The number of carboxylic acids is 5. The number of hydrogen-bond acceptors (Lipinski definition) is 10. The predicted octanol–water partition coefficient (Wildman–Crippen LogP) is 23.9. The van der Waals surface area contributed by atoms with Gasteiger partial charge in [-0.3, -0.25) is 0 Å². The summed E-state index contributed by atoms with van der Waals surface area (Å²) in [6.45, 7) is 11.3. The Balaban J connectivity index is -0.000000220. The van der Waals surface area contributed by atoms with E-state index in [9.17, 15) is 49.5 Å². The zero-order valence-electron chi connectivity index (χ0n) is 67.5. The molecule has 0 saturated heterocycles. The Hall–Kier alpha value is -2.92. The van der Waals surface area contributed by atoms with Gasteiger partial charge in [0.2, 0.25) is 0 Å². The third kappa shape index (κ3) is 133. The first kappa shape index (κ1) is 112. The summed E-state index contributed by atoms with van der Waals surface area (Å²) in [6.07, 6.45) is 104. The third-order valence-electron chi connectivity index (χ3n) is 18.2. The summed E-state index contributed by atoms with van der Waals surface area (Å²) in [4.78, 5) is 51.1. The van der Waals surface area contributed by atoms with Crippen LogP contribution < -0.4 is 25.5 Å². The van der Waals surface area contributed by atoms with Gasteiger partial charge in [-0.15, -0.1) is 0 Å². The summed E-state index contributed by atoms with van der Waals surface area (Å²) in [6, 6.07) is 0. The molecule has 2 radical (unpaired) electrons. The number of carboxylic acid groups (broad SMARTS) is 5. The van der Waals surface area contributed by atoms with E-state index in [1.54, 1.807) is 0 Å². The van der Waals surface area contributed by atoms with E-state index in [0.29, 0.717) is 0 Å². The SMILES string of the molecule is CCCCCCCC/C=C\CCCCCCCC(=O)[O-].CCCCCCCC/C=C\CCCCCCCC(=O)[O-].CCCCCCCC/C=C\CCCCCCCC(=O)[O-].CCCCCCCC/C=C\CCCCCCCC(=O)[O-].CCCCCCCC/C=C\CCCCCCCC(=O)[O-].[Co+2].[Fe+3]. The summed E-state index contributed by atoms with van der Waals surface area (Å²) < 4.78 is 0. The molecule has 0 atom stereocenters. The number of aliphatic carboxylic acids is 5. The number of carbonyl (C=O) groups excluding carboxylic acids is 5. The van der Waals surface area contributed by atoms with E-state index in [1.807, 2.05) is 0 Å². The van der Waals surface area contributed by atoms with Crippen LogP contribution in [-0.2, 0) is 57.8 Å². The molecule has 0 spiro atoms. The van der Waals surface area contributed by atoms with Gasteiger partial charge < -0.3 is 49.5 Å². The molecule has 0 rings (SSSR count). The number of unbranched alkanes of at least 4 members (excludes halogenated alkanes) is 55. The van der Waals surface area contributed by atoms with Crippen molar-refractivity contribution in [2.45, 2.75) is 484 Å². The van der Waals surface area contributed by atoms with E-state index in [4.69, 9.17) is 0 Å². The molecule has 0 aromatic carbocycles. The summed E-state index contributed by atoms with van der Waals surface area (Å²) in [5, 5.41) is 51.1. The second-order valence-electron chi connectivity index (χ2n) is 28.5. The number of rotatable bonds is 75. The molecule has 602 valence electrons. The molecule has 0 bridgehead atoms. The summed E-state index contributed by atoms with van der Waals surface area (Å²) >= 11 is 0. The van der Waals surface area contributed by atoms with Crippen molar-refractivity contribution >= 4 is 29.8 Å². The first-order chi connectivity index (χ1) is 48.9. The molecule has 102 heavy (non-hydrogen) atoms. The topological polar surface area (TPSA) is 201 Å². The van der Waals surface area contributed by atoms with Crippen molar-refractivity contribution in [1.29, 1.82) is 0 Å². The van der Waals surface area contributed by atoms with Crippen molar-refractivity contribution in [3.8, 4) is 0 Å². The second kappa shape index (κ2) is 109.